The fourth-order valence-electron chi connectivity index (χ4n) is 5.94. The van der Waals surface area contributed by atoms with Crippen LogP contribution in [0, 0.1) is 0 Å². The predicted octanol–water partition coefficient (Wildman–Crippen LogP) is 10.2. The van der Waals surface area contributed by atoms with Crippen LogP contribution in [0.3, 0.4) is 0 Å². The largest absolute Gasteiger partial charge is 0.493 e. The van der Waals surface area contributed by atoms with Crippen LogP contribution in [0.4, 0.5) is 0 Å². The molecule has 0 heterocycles. The third kappa shape index (κ3) is 7.65. The lowest BCUT2D eigenvalue weighted by atomic mass is 9.83. The van der Waals surface area contributed by atoms with E-state index in [9.17, 15) is 9.59 Å². The fraction of sp³-hybridized carbons (Fsp3) is 0.556. The normalized spacial score (nSPS) is 13.9. The first kappa shape index (κ1) is 30.1. The molecule has 4 rings (SSSR count). The van der Waals surface area contributed by atoms with Gasteiger partial charge in [-0.25, -0.2) is 0 Å². The number of carbonyl (C=O) groups excluding carboxylic acids is 2. The van der Waals surface area contributed by atoms with Gasteiger partial charge in [0, 0.05) is 45.2 Å². The van der Waals surface area contributed by atoms with Gasteiger partial charge in [-0.1, -0.05) is 104 Å². The first-order valence-electron chi connectivity index (χ1n) is 16.0. The van der Waals surface area contributed by atoms with Gasteiger partial charge in [0.25, 0.3) is 0 Å². The van der Waals surface area contributed by atoms with Crippen molar-refractivity contribution < 1.29 is 19.1 Å². The monoisotopic (exact) mass is 544 g/mol. The molecule has 2 aliphatic rings. The molecule has 0 fully saturated rings. The van der Waals surface area contributed by atoms with Gasteiger partial charge in [-0.05, 0) is 37.1 Å². The summed E-state index contributed by atoms with van der Waals surface area (Å²) in [5, 5.41) is 1.64. The summed E-state index contributed by atoms with van der Waals surface area (Å²) < 4.78 is 12.3. The number of hydrogen-bond acceptors (Lipinski definition) is 4. The Balaban J connectivity index is 1.37. The average molecular weight is 545 g/mol. The van der Waals surface area contributed by atoms with Crippen LogP contribution in [0.1, 0.15) is 148 Å². The lowest BCUT2D eigenvalue weighted by molar-refractivity contribution is 0.103. The molecule has 4 heteroatoms. The molecular formula is C36H48O4. The lowest BCUT2D eigenvalue weighted by Gasteiger charge is -2.24. The lowest BCUT2D eigenvalue weighted by Crippen LogP contribution is -2.14. The number of rotatable bonds is 20. The molecule has 216 valence electrons. The standard InChI is InChI=1S/C36H48O4/c1-3-5-7-9-11-13-15-17-23-39-33-25-31(37)27-20-22-30-34(40-24-18-16-14-12-10-8-6-4-2)26-32(38)28-19-21-29(33)35(27)36(28)30/h19-22,25-26H,3-18,23-24H2,1-2H3. The van der Waals surface area contributed by atoms with Crippen molar-refractivity contribution in [2.45, 2.75) is 117 Å². The van der Waals surface area contributed by atoms with Gasteiger partial charge in [0.15, 0.2) is 11.6 Å². The maximum atomic E-state index is 13.1. The molecule has 2 aromatic rings. The third-order valence-corrected chi connectivity index (χ3v) is 8.26. The summed E-state index contributed by atoms with van der Waals surface area (Å²) in [6.07, 6.45) is 23.0. The Labute approximate surface area is 241 Å². The molecular weight excluding hydrogens is 496 g/mol. The maximum Gasteiger partial charge on any atom is 0.190 e. The van der Waals surface area contributed by atoms with Crippen molar-refractivity contribution in [3.63, 3.8) is 0 Å². The summed E-state index contributed by atoms with van der Waals surface area (Å²) in [5.41, 5.74) is 3.05. The number of ketones is 2. The second kappa shape index (κ2) is 15.8. The minimum Gasteiger partial charge on any atom is -0.493 e. The summed E-state index contributed by atoms with van der Waals surface area (Å²) in [4.78, 5) is 26.2. The highest BCUT2D eigenvalue weighted by Gasteiger charge is 2.29. The van der Waals surface area contributed by atoms with Gasteiger partial charge in [0.2, 0.25) is 0 Å². The van der Waals surface area contributed by atoms with Crippen molar-refractivity contribution in [2.24, 2.45) is 0 Å². The van der Waals surface area contributed by atoms with Crippen molar-refractivity contribution in [1.82, 2.24) is 0 Å². The zero-order chi connectivity index (χ0) is 28.2. The Kier molecular flexibility index (Phi) is 11.9. The molecule has 0 bridgehead atoms. The molecule has 0 N–H and O–H groups in total. The van der Waals surface area contributed by atoms with Crippen LogP contribution in [-0.4, -0.2) is 24.8 Å². The van der Waals surface area contributed by atoms with E-state index in [1.54, 1.807) is 12.2 Å². The van der Waals surface area contributed by atoms with Gasteiger partial charge in [0.1, 0.15) is 11.5 Å². The number of hydrogen-bond donors (Lipinski definition) is 0. The summed E-state index contributed by atoms with van der Waals surface area (Å²) in [6.45, 7) is 5.68. The molecule has 0 aromatic heterocycles. The van der Waals surface area contributed by atoms with Crippen LogP contribution < -0.4 is 0 Å². The average Bonchev–Trinajstić information content (AvgIpc) is 2.96. The van der Waals surface area contributed by atoms with Gasteiger partial charge >= 0.3 is 0 Å². The summed E-state index contributed by atoms with van der Waals surface area (Å²) in [6, 6.07) is 7.63. The van der Waals surface area contributed by atoms with Crippen LogP contribution in [0.15, 0.2) is 36.4 Å². The highest BCUT2D eigenvalue weighted by molar-refractivity contribution is 6.28. The Morgan fingerprint density at radius 1 is 0.450 bits per heavy atom. The van der Waals surface area contributed by atoms with Crippen molar-refractivity contribution in [3.8, 4) is 0 Å². The van der Waals surface area contributed by atoms with Gasteiger partial charge in [-0.2, -0.15) is 0 Å². The minimum absolute atomic E-state index is 0.0643. The van der Waals surface area contributed by atoms with Crippen molar-refractivity contribution in [3.05, 3.63) is 58.7 Å². The van der Waals surface area contributed by atoms with Gasteiger partial charge in [0.05, 0.1) is 13.2 Å². The Hall–Kier alpha value is -2.88. The molecule has 0 amide bonds. The van der Waals surface area contributed by atoms with Gasteiger partial charge in [-0.3, -0.25) is 9.59 Å². The molecule has 0 spiro atoms. The highest BCUT2D eigenvalue weighted by Crippen LogP contribution is 2.41. The van der Waals surface area contributed by atoms with Crippen molar-refractivity contribution >= 4 is 33.9 Å². The first-order valence-corrected chi connectivity index (χ1v) is 16.0. The first-order chi connectivity index (χ1) is 19.7. The Bertz CT molecular complexity index is 1120. The molecule has 0 saturated carbocycles. The van der Waals surface area contributed by atoms with E-state index in [0.717, 1.165) is 47.6 Å². The van der Waals surface area contributed by atoms with E-state index in [0.29, 0.717) is 35.9 Å². The molecule has 0 unspecified atom stereocenters. The fourth-order valence-corrected chi connectivity index (χ4v) is 5.94. The van der Waals surface area contributed by atoms with Crippen LogP contribution in [0.5, 0.6) is 0 Å². The van der Waals surface area contributed by atoms with E-state index >= 15 is 0 Å². The van der Waals surface area contributed by atoms with E-state index in [4.69, 9.17) is 9.47 Å². The summed E-state index contributed by atoms with van der Waals surface area (Å²) in [7, 11) is 0. The zero-order valence-corrected chi connectivity index (χ0v) is 24.8. The zero-order valence-electron chi connectivity index (χ0n) is 24.8. The van der Waals surface area contributed by atoms with E-state index in [1.807, 2.05) is 24.3 Å². The van der Waals surface area contributed by atoms with Crippen LogP contribution in [0.2, 0.25) is 0 Å². The van der Waals surface area contributed by atoms with Crippen LogP contribution in [-0.2, 0) is 9.47 Å². The molecule has 40 heavy (non-hydrogen) atoms. The number of ether oxygens (including phenoxy) is 2. The van der Waals surface area contributed by atoms with E-state index in [2.05, 4.69) is 13.8 Å². The van der Waals surface area contributed by atoms with E-state index < -0.39 is 0 Å². The molecule has 0 saturated heterocycles. The van der Waals surface area contributed by atoms with Crippen LogP contribution >= 0.6 is 0 Å². The summed E-state index contributed by atoms with van der Waals surface area (Å²) in [5.74, 6) is 1.11. The van der Waals surface area contributed by atoms with Crippen molar-refractivity contribution in [1.29, 1.82) is 0 Å². The maximum absolute atomic E-state index is 13.1. The number of carbonyl (C=O) groups is 2. The Morgan fingerprint density at radius 3 is 1.15 bits per heavy atom. The highest BCUT2D eigenvalue weighted by atomic mass is 16.5. The summed E-state index contributed by atoms with van der Waals surface area (Å²) >= 11 is 0. The molecule has 0 radical (unpaired) electrons. The van der Waals surface area contributed by atoms with E-state index in [-0.39, 0.29) is 11.6 Å². The second-order valence-corrected chi connectivity index (χ2v) is 11.5. The van der Waals surface area contributed by atoms with Crippen LogP contribution in [0.25, 0.3) is 22.3 Å². The van der Waals surface area contributed by atoms with E-state index in [1.165, 1.54) is 77.0 Å². The topological polar surface area (TPSA) is 52.6 Å². The number of allylic oxidation sites excluding steroid dienone is 2. The van der Waals surface area contributed by atoms with Crippen molar-refractivity contribution in [2.75, 3.05) is 13.2 Å². The Morgan fingerprint density at radius 2 is 0.775 bits per heavy atom. The molecule has 0 aliphatic heterocycles. The molecule has 2 aliphatic carbocycles. The molecule has 4 nitrogen and oxygen atoms in total. The third-order valence-electron chi connectivity index (χ3n) is 8.26. The quantitative estimate of drug-likeness (QED) is 0.156. The number of benzene rings is 2. The van der Waals surface area contributed by atoms with Gasteiger partial charge < -0.3 is 9.47 Å². The second-order valence-electron chi connectivity index (χ2n) is 11.5. The van der Waals surface area contributed by atoms with Gasteiger partial charge in [-0.15, -0.1) is 0 Å². The predicted molar refractivity (Wildman–Crippen MR) is 166 cm³/mol. The number of unbranched alkanes of at least 4 members (excludes halogenated alkanes) is 14. The minimum atomic E-state index is -0.0643. The SMILES string of the molecule is CCCCCCCCCCOC1=CC(=O)c2ccc3c4c(ccc1c24)C(=O)C=C3OCCCCCCCCCC. The smallest absolute Gasteiger partial charge is 0.190 e. The molecule has 2 aromatic carbocycles. The molecule has 0 atom stereocenters.